The number of nitrogens with one attached hydrogen (secondary N) is 1. The second-order valence-electron chi connectivity index (χ2n) is 5.89. The molecule has 0 aliphatic heterocycles. The van der Waals surface area contributed by atoms with E-state index in [1.54, 1.807) is 31.3 Å². The van der Waals surface area contributed by atoms with Gasteiger partial charge in [-0.15, -0.1) is 11.3 Å². The molecule has 3 nitrogen and oxygen atoms in total. The van der Waals surface area contributed by atoms with Crippen LogP contribution in [0.1, 0.15) is 25.1 Å². The minimum atomic E-state index is -0.779. The van der Waals surface area contributed by atoms with Crippen molar-refractivity contribution in [1.82, 2.24) is 5.32 Å². The first-order chi connectivity index (χ1) is 10.4. The van der Waals surface area contributed by atoms with Crippen LogP contribution in [0, 0.1) is 11.2 Å². The fourth-order valence-electron chi connectivity index (χ4n) is 1.99. The van der Waals surface area contributed by atoms with Crippen LogP contribution in [0.4, 0.5) is 4.39 Å². The smallest absolute Gasteiger partial charge is 0.309 e. The van der Waals surface area contributed by atoms with E-state index in [9.17, 15) is 9.18 Å². The molecule has 0 aliphatic rings. The van der Waals surface area contributed by atoms with Crippen molar-refractivity contribution in [3.8, 4) is 10.4 Å². The summed E-state index contributed by atoms with van der Waals surface area (Å²) in [6.45, 7) is 4.79. The summed E-state index contributed by atoms with van der Waals surface area (Å²) in [4.78, 5) is 13.2. The van der Waals surface area contributed by atoms with Gasteiger partial charge in [0.2, 0.25) is 0 Å². The molecular weight excluding hydrogens is 301 g/mol. The van der Waals surface area contributed by atoms with Gasteiger partial charge in [0.05, 0.1) is 5.41 Å². The maximum atomic E-state index is 13.2. The first-order valence-electron chi connectivity index (χ1n) is 7.17. The number of thiophene rings is 1. The van der Waals surface area contributed by atoms with Crippen LogP contribution in [-0.2, 0) is 11.3 Å². The molecule has 0 radical (unpaired) electrons. The summed E-state index contributed by atoms with van der Waals surface area (Å²) in [7, 11) is 0. The molecule has 1 aromatic heterocycles. The summed E-state index contributed by atoms with van der Waals surface area (Å²) in [5.74, 6) is -1.01. The van der Waals surface area contributed by atoms with Gasteiger partial charge in [-0.2, -0.15) is 0 Å². The van der Waals surface area contributed by atoms with Gasteiger partial charge in [-0.25, -0.2) is 4.39 Å². The molecule has 0 atom stereocenters. The predicted octanol–water partition coefficient (Wildman–Crippen LogP) is 4.14. The zero-order valence-electron chi connectivity index (χ0n) is 12.7. The third-order valence-electron chi connectivity index (χ3n) is 3.58. The molecular formula is C17H20FNO2S. The molecule has 2 rings (SSSR count). The Kier molecular flexibility index (Phi) is 5.32. The van der Waals surface area contributed by atoms with Gasteiger partial charge in [-0.3, -0.25) is 4.79 Å². The second kappa shape index (κ2) is 7.03. The predicted molar refractivity (Wildman–Crippen MR) is 87.5 cm³/mol. The molecule has 2 aromatic rings. The Morgan fingerprint density at radius 3 is 2.77 bits per heavy atom. The van der Waals surface area contributed by atoms with Gasteiger partial charge in [0.25, 0.3) is 0 Å². The summed E-state index contributed by atoms with van der Waals surface area (Å²) < 4.78 is 13.2. The van der Waals surface area contributed by atoms with E-state index in [1.165, 1.54) is 12.1 Å². The van der Waals surface area contributed by atoms with Crippen LogP contribution in [0.3, 0.4) is 0 Å². The first kappa shape index (κ1) is 16.6. The van der Waals surface area contributed by atoms with Gasteiger partial charge >= 0.3 is 5.97 Å². The Balaban J connectivity index is 1.87. The number of carboxylic acids is 1. The van der Waals surface area contributed by atoms with Crippen molar-refractivity contribution >= 4 is 17.3 Å². The van der Waals surface area contributed by atoms with Crippen molar-refractivity contribution in [2.75, 3.05) is 6.54 Å². The summed E-state index contributed by atoms with van der Waals surface area (Å²) in [6.07, 6.45) is 0.574. The summed E-state index contributed by atoms with van der Waals surface area (Å²) in [6, 6.07) is 10.6. The van der Waals surface area contributed by atoms with E-state index in [2.05, 4.69) is 5.32 Å². The molecule has 0 amide bonds. The fourth-order valence-corrected chi connectivity index (χ4v) is 2.96. The number of hydrogen-bond acceptors (Lipinski definition) is 3. The van der Waals surface area contributed by atoms with Crippen LogP contribution < -0.4 is 5.32 Å². The fraction of sp³-hybridized carbons (Fsp3) is 0.353. The molecule has 118 valence electrons. The molecule has 0 saturated carbocycles. The van der Waals surface area contributed by atoms with Crippen molar-refractivity contribution in [2.24, 2.45) is 5.41 Å². The van der Waals surface area contributed by atoms with Gasteiger partial charge < -0.3 is 10.4 Å². The molecule has 1 heterocycles. The normalized spacial score (nSPS) is 11.6. The van der Waals surface area contributed by atoms with E-state index in [4.69, 9.17) is 5.11 Å². The molecule has 0 fully saturated rings. The quantitative estimate of drug-likeness (QED) is 0.753. The highest BCUT2D eigenvalue weighted by atomic mass is 32.1. The topological polar surface area (TPSA) is 49.3 Å². The number of carbonyl (C=O) groups is 1. The number of hydrogen-bond donors (Lipinski definition) is 2. The number of rotatable bonds is 7. The van der Waals surface area contributed by atoms with Gasteiger partial charge in [-0.1, -0.05) is 12.1 Å². The van der Waals surface area contributed by atoms with Crippen LogP contribution in [0.25, 0.3) is 10.4 Å². The third-order valence-corrected chi connectivity index (χ3v) is 4.71. The Morgan fingerprint density at radius 2 is 2.09 bits per heavy atom. The van der Waals surface area contributed by atoms with Crippen molar-refractivity contribution in [2.45, 2.75) is 26.8 Å². The Morgan fingerprint density at radius 1 is 1.32 bits per heavy atom. The Bertz CT molecular complexity index is 652. The average Bonchev–Trinajstić information content (AvgIpc) is 2.92. The number of carboxylic acid groups (broad SMARTS) is 1. The molecule has 1 aromatic carbocycles. The number of benzene rings is 1. The van der Waals surface area contributed by atoms with Crippen LogP contribution in [0.5, 0.6) is 0 Å². The Labute approximate surface area is 133 Å². The minimum Gasteiger partial charge on any atom is -0.481 e. The number of halogens is 1. The Hall–Kier alpha value is -1.72. The molecule has 0 spiro atoms. The summed E-state index contributed by atoms with van der Waals surface area (Å²) >= 11 is 1.61. The van der Waals surface area contributed by atoms with Gasteiger partial charge in [-0.05, 0) is 56.6 Å². The van der Waals surface area contributed by atoms with Gasteiger partial charge in [0.15, 0.2) is 0 Å². The van der Waals surface area contributed by atoms with E-state index >= 15 is 0 Å². The lowest BCUT2D eigenvalue weighted by molar-refractivity contribution is -0.147. The zero-order chi connectivity index (χ0) is 16.2. The van der Waals surface area contributed by atoms with Crippen molar-refractivity contribution in [1.29, 1.82) is 0 Å². The van der Waals surface area contributed by atoms with Crippen LogP contribution in [-0.4, -0.2) is 17.6 Å². The van der Waals surface area contributed by atoms with Crippen molar-refractivity contribution in [3.05, 3.63) is 47.1 Å². The highest BCUT2D eigenvalue weighted by molar-refractivity contribution is 7.15. The molecule has 0 bridgehead atoms. The zero-order valence-corrected chi connectivity index (χ0v) is 13.5. The van der Waals surface area contributed by atoms with E-state index in [0.717, 1.165) is 15.3 Å². The van der Waals surface area contributed by atoms with Gasteiger partial charge in [0, 0.05) is 16.3 Å². The maximum Gasteiger partial charge on any atom is 0.309 e. The standard InChI is InChI=1S/C17H20FNO2S/c1-17(2,16(20)21)8-9-19-11-14-6-7-15(22-14)12-4-3-5-13(18)10-12/h3-7,10,19H,8-9,11H2,1-2H3,(H,20,21). The maximum absolute atomic E-state index is 13.2. The van der Waals surface area contributed by atoms with Crippen LogP contribution in [0.2, 0.25) is 0 Å². The molecule has 2 N–H and O–H groups in total. The van der Waals surface area contributed by atoms with E-state index in [0.29, 0.717) is 19.5 Å². The molecule has 5 heteroatoms. The molecule has 0 aliphatic carbocycles. The number of aliphatic carboxylic acids is 1. The lowest BCUT2D eigenvalue weighted by atomic mass is 9.90. The minimum absolute atomic E-state index is 0.235. The largest absolute Gasteiger partial charge is 0.481 e. The molecule has 0 saturated heterocycles. The van der Waals surface area contributed by atoms with E-state index < -0.39 is 11.4 Å². The molecule has 22 heavy (non-hydrogen) atoms. The van der Waals surface area contributed by atoms with Crippen molar-refractivity contribution in [3.63, 3.8) is 0 Å². The third kappa shape index (κ3) is 4.39. The van der Waals surface area contributed by atoms with Gasteiger partial charge in [0.1, 0.15) is 5.82 Å². The van der Waals surface area contributed by atoms with E-state index in [1.807, 2.05) is 18.2 Å². The summed E-state index contributed by atoms with van der Waals surface area (Å²) in [5, 5.41) is 12.3. The highest BCUT2D eigenvalue weighted by Crippen LogP contribution is 2.28. The lowest BCUT2D eigenvalue weighted by Crippen LogP contribution is -2.28. The highest BCUT2D eigenvalue weighted by Gasteiger charge is 2.26. The first-order valence-corrected chi connectivity index (χ1v) is 7.99. The average molecular weight is 321 g/mol. The van der Waals surface area contributed by atoms with Crippen LogP contribution >= 0.6 is 11.3 Å². The van der Waals surface area contributed by atoms with Crippen LogP contribution in [0.15, 0.2) is 36.4 Å². The van der Waals surface area contributed by atoms with Crippen molar-refractivity contribution < 1.29 is 14.3 Å². The second-order valence-corrected chi connectivity index (χ2v) is 7.06. The molecule has 0 unspecified atom stereocenters. The lowest BCUT2D eigenvalue weighted by Gasteiger charge is -2.18. The summed E-state index contributed by atoms with van der Waals surface area (Å²) in [5.41, 5.74) is 0.165. The monoisotopic (exact) mass is 321 g/mol. The van der Waals surface area contributed by atoms with E-state index in [-0.39, 0.29) is 5.82 Å². The SMILES string of the molecule is CC(C)(CCNCc1ccc(-c2cccc(F)c2)s1)C(=O)O.